The van der Waals surface area contributed by atoms with Gasteiger partial charge in [-0.2, -0.15) is 5.10 Å². The average Bonchev–Trinajstić information content (AvgIpc) is 2.79. The Morgan fingerprint density at radius 1 is 1.65 bits per heavy atom. The summed E-state index contributed by atoms with van der Waals surface area (Å²) in [6, 6.07) is 0.0284. The van der Waals surface area contributed by atoms with E-state index in [1.165, 1.54) is 0 Å². The number of carbonyl (C=O) groups excluding carboxylic acids is 1. The largest absolute Gasteiger partial charge is 0.324 e. The van der Waals surface area contributed by atoms with Crippen molar-refractivity contribution in [2.75, 3.05) is 0 Å². The molecular weight excluding hydrogens is 282 g/mol. The highest BCUT2D eigenvalue weighted by Gasteiger charge is 2.24. The molecule has 0 aromatic carbocycles. The second-order valence-electron chi connectivity index (χ2n) is 4.50. The summed E-state index contributed by atoms with van der Waals surface area (Å²) in [5.74, 6) is 0.171. The number of aryl methyl sites for hydroxylation is 2. The van der Waals surface area contributed by atoms with Crippen molar-refractivity contribution in [1.29, 1.82) is 0 Å². The Bertz CT molecular complexity index is 478. The topological polar surface area (TPSA) is 60.9 Å². The number of Topliss-reactive ketones (excluding diaryl/α,β-unsaturated/α-hetero) is 1. The number of carbonyl (C=O) groups is 1. The number of nitrogens with zero attached hydrogens (tertiary/aromatic N) is 2. The minimum atomic E-state index is -0.0351. The molecule has 2 unspecified atom stereocenters. The quantitative estimate of drug-likeness (QED) is 0.860. The molecule has 1 aromatic heterocycles. The number of hydrogen-bond donors (Lipinski definition) is 1. The summed E-state index contributed by atoms with van der Waals surface area (Å²) < 4.78 is 2.69. The molecule has 4 nitrogen and oxygen atoms in total. The zero-order valence-electron chi connectivity index (χ0n) is 9.98. The second kappa shape index (κ2) is 4.74. The lowest BCUT2D eigenvalue weighted by molar-refractivity contribution is -0.121. The summed E-state index contributed by atoms with van der Waals surface area (Å²) in [6.45, 7) is 1.92. The molecule has 1 aliphatic carbocycles. The normalized spacial score (nSPS) is 23.3. The summed E-state index contributed by atoms with van der Waals surface area (Å²) in [7, 11) is 1.86. The molecule has 17 heavy (non-hydrogen) atoms. The van der Waals surface area contributed by atoms with Crippen molar-refractivity contribution in [3.63, 3.8) is 0 Å². The average molecular weight is 298 g/mol. The smallest absolute Gasteiger partial charge is 0.145 e. The fraction of sp³-hybridized carbons (Fsp3) is 0.500. The first-order valence-electron chi connectivity index (χ1n) is 5.63. The molecule has 0 aliphatic heterocycles. The van der Waals surface area contributed by atoms with E-state index < -0.39 is 0 Å². The highest BCUT2D eigenvalue weighted by molar-refractivity contribution is 9.10. The molecule has 0 spiro atoms. The van der Waals surface area contributed by atoms with E-state index in [0.29, 0.717) is 6.42 Å². The Labute approximate surface area is 109 Å². The summed E-state index contributed by atoms with van der Waals surface area (Å²) in [5.41, 5.74) is 7.60. The van der Waals surface area contributed by atoms with E-state index in [1.54, 1.807) is 4.68 Å². The Hall–Kier alpha value is -0.940. The molecule has 1 aromatic rings. The molecule has 2 atom stereocenters. The van der Waals surface area contributed by atoms with Gasteiger partial charge in [0.1, 0.15) is 5.78 Å². The van der Waals surface area contributed by atoms with Crippen LogP contribution < -0.4 is 5.73 Å². The Morgan fingerprint density at radius 2 is 2.35 bits per heavy atom. The van der Waals surface area contributed by atoms with Crippen LogP contribution in [0, 0.1) is 12.8 Å². The maximum absolute atomic E-state index is 12.1. The van der Waals surface area contributed by atoms with Gasteiger partial charge in [0, 0.05) is 19.0 Å². The van der Waals surface area contributed by atoms with Crippen LogP contribution in [0.1, 0.15) is 17.8 Å². The first-order valence-corrected chi connectivity index (χ1v) is 6.43. The van der Waals surface area contributed by atoms with Gasteiger partial charge in [-0.15, -0.1) is 0 Å². The van der Waals surface area contributed by atoms with E-state index in [-0.39, 0.29) is 17.7 Å². The summed E-state index contributed by atoms with van der Waals surface area (Å²) in [6.07, 6.45) is 4.96. The number of halogens is 1. The molecule has 0 fully saturated rings. The molecule has 92 valence electrons. The van der Waals surface area contributed by atoms with Crippen molar-refractivity contribution in [3.8, 4) is 0 Å². The van der Waals surface area contributed by atoms with E-state index in [2.05, 4.69) is 21.0 Å². The Morgan fingerprint density at radius 3 is 2.82 bits per heavy atom. The number of hydrogen-bond acceptors (Lipinski definition) is 3. The van der Waals surface area contributed by atoms with Crippen molar-refractivity contribution in [2.24, 2.45) is 18.7 Å². The molecule has 2 rings (SSSR count). The standard InChI is InChI=1S/C12H16BrN3O/c1-7-12(13)10(16(2)15-7)6-11(17)8-3-4-9(14)5-8/h3-4,8-9H,5-6,14H2,1-2H3. The SMILES string of the molecule is Cc1nn(C)c(CC(=O)C2C=CC(N)C2)c1Br. The zero-order chi connectivity index (χ0) is 12.6. The van der Waals surface area contributed by atoms with Crippen LogP contribution in [0.15, 0.2) is 16.6 Å². The van der Waals surface area contributed by atoms with Crippen molar-refractivity contribution >= 4 is 21.7 Å². The first kappa shape index (κ1) is 12.5. The molecule has 0 radical (unpaired) electrons. The van der Waals surface area contributed by atoms with E-state index >= 15 is 0 Å². The van der Waals surface area contributed by atoms with Gasteiger partial charge in [0.15, 0.2) is 0 Å². The van der Waals surface area contributed by atoms with Gasteiger partial charge in [0.25, 0.3) is 0 Å². The van der Waals surface area contributed by atoms with Crippen molar-refractivity contribution in [1.82, 2.24) is 9.78 Å². The van der Waals surface area contributed by atoms with Crippen molar-refractivity contribution < 1.29 is 4.79 Å². The van der Waals surface area contributed by atoms with Crippen LogP contribution in [-0.2, 0) is 18.3 Å². The maximum Gasteiger partial charge on any atom is 0.145 e. The number of rotatable bonds is 3. The highest BCUT2D eigenvalue weighted by atomic mass is 79.9. The molecule has 5 heteroatoms. The predicted octanol–water partition coefficient (Wildman–Crippen LogP) is 1.51. The molecule has 0 bridgehead atoms. The molecule has 2 N–H and O–H groups in total. The summed E-state index contributed by atoms with van der Waals surface area (Å²) in [4.78, 5) is 12.1. The Kier molecular flexibility index (Phi) is 3.49. The monoisotopic (exact) mass is 297 g/mol. The lowest BCUT2D eigenvalue weighted by Crippen LogP contribution is -2.21. The molecule has 0 amide bonds. The van der Waals surface area contributed by atoms with Crippen molar-refractivity contribution in [3.05, 3.63) is 28.0 Å². The fourth-order valence-corrected chi connectivity index (χ4v) is 2.61. The van der Waals surface area contributed by atoms with Gasteiger partial charge in [-0.3, -0.25) is 9.48 Å². The third-order valence-corrected chi connectivity index (χ3v) is 4.17. The van der Waals surface area contributed by atoms with Crippen molar-refractivity contribution in [2.45, 2.75) is 25.8 Å². The van der Waals surface area contributed by atoms with Gasteiger partial charge in [-0.1, -0.05) is 12.2 Å². The van der Waals surface area contributed by atoms with Gasteiger partial charge in [-0.05, 0) is 29.3 Å². The Balaban J connectivity index is 2.11. The van der Waals surface area contributed by atoms with Gasteiger partial charge < -0.3 is 5.73 Å². The van der Waals surface area contributed by atoms with Gasteiger partial charge in [-0.25, -0.2) is 0 Å². The van der Waals surface area contributed by atoms with Gasteiger partial charge in [0.05, 0.1) is 22.3 Å². The minimum absolute atomic E-state index is 0.0284. The van der Waals surface area contributed by atoms with Gasteiger partial charge in [0.2, 0.25) is 0 Å². The third-order valence-electron chi connectivity index (χ3n) is 3.13. The molecule has 0 saturated heterocycles. The van der Waals surface area contributed by atoms with Crippen LogP contribution in [0.5, 0.6) is 0 Å². The van der Waals surface area contributed by atoms with Crippen LogP contribution >= 0.6 is 15.9 Å². The van der Waals surface area contributed by atoms with Crippen LogP contribution in [0.2, 0.25) is 0 Å². The molecule has 1 heterocycles. The van der Waals surface area contributed by atoms with Crippen LogP contribution in [0.4, 0.5) is 0 Å². The van der Waals surface area contributed by atoms with E-state index in [1.807, 2.05) is 26.1 Å². The third kappa shape index (κ3) is 2.50. The van der Waals surface area contributed by atoms with Crippen LogP contribution in [-0.4, -0.2) is 21.6 Å². The molecule has 1 aliphatic rings. The maximum atomic E-state index is 12.1. The first-order chi connectivity index (χ1) is 7.99. The van der Waals surface area contributed by atoms with Crippen LogP contribution in [0.3, 0.4) is 0 Å². The number of ketones is 1. The van der Waals surface area contributed by atoms with E-state index in [4.69, 9.17) is 5.73 Å². The summed E-state index contributed by atoms with van der Waals surface area (Å²) in [5, 5.41) is 4.28. The number of nitrogens with two attached hydrogens (primary N) is 1. The lowest BCUT2D eigenvalue weighted by atomic mass is 9.99. The lowest BCUT2D eigenvalue weighted by Gasteiger charge is -2.08. The van der Waals surface area contributed by atoms with E-state index in [9.17, 15) is 4.79 Å². The predicted molar refractivity (Wildman–Crippen MR) is 69.6 cm³/mol. The number of allylic oxidation sites excluding steroid dienone is 1. The minimum Gasteiger partial charge on any atom is -0.324 e. The summed E-state index contributed by atoms with van der Waals surface area (Å²) >= 11 is 3.47. The second-order valence-corrected chi connectivity index (χ2v) is 5.30. The molecular formula is C12H16BrN3O. The van der Waals surface area contributed by atoms with Crippen LogP contribution in [0.25, 0.3) is 0 Å². The fourth-order valence-electron chi connectivity index (χ4n) is 2.13. The zero-order valence-corrected chi connectivity index (χ0v) is 11.6. The highest BCUT2D eigenvalue weighted by Crippen LogP contribution is 2.24. The molecule has 0 saturated carbocycles. The van der Waals surface area contributed by atoms with Gasteiger partial charge >= 0.3 is 0 Å². The van der Waals surface area contributed by atoms with E-state index in [0.717, 1.165) is 22.3 Å². The number of aromatic nitrogens is 2.